The van der Waals surface area contributed by atoms with Gasteiger partial charge in [0, 0.05) is 31.2 Å². The number of nitrogens with zero attached hydrogens (tertiary/aromatic N) is 3. The first kappa shape index (κ1) is 13.7. The van der Waals surface area contributed by atoms with Crippen molar-refractivity contribution in [3.05, 3.63) is 12.4 Å². The van der Waals surface area contributed by atoms with E-state index in [1.165, 1.54) is 0 Å². The van der Waals surface area contributed by atoms with E-state index in [-0.39, 0.29) is 11.6 Å². The van der Waals surface area contributed by atoms with Crippen LogP contribution in [0.25, 0.3) is 0 Å². The number of rotatable bonds is 4. The average Bonchev–Trinajstić information content (AvgIpc) is 2.27. The molecule has 0 fully saturated rings. The van der Waals surface area contributed by atoms with Gasteiger partial charge in [0.25, 0.3) is 0 Å². The molecular weight excluding hydrogens is 214 g/mol. The quantitative estimate of drug-likeness (QED) is 0.830. The Morgan fingerprint density at radius 2 is 2.06 bits per heavy atom. The van der Waals surface area contributed by atoms with Gasteiger partial charge in [0.05, 0.1) is 0 Å². The van der Waals surface area contributed by atoms with Crippen molar-refractivity contribution in [2.24, 2.45) is 5.73 Å². The van der Waals surface area contributed by atoms with E-state index in [1.807, 2.05) is 20.0 Å². The van der Waals surface area contributed by atoms with Crippen molar-refractivity contribution >= 4 is 11.6 Å². The molecular formula is C12H23N5. The second-order valence-corrected chi connectivity index (χ2v) is 5.27. The molecule has 0 aliphatic heterocycles. The van der Waals surface area contributed by atoms with Crippen molar-refractivity contribution in [3.63, 3.8) is 0 Å². The Balaban J connectivity index is 2.86. The Morgan fingerprint density at radius 1 is 1.41 bits per heavy atom. The van der Waals surface area contributed by atoms with Crippen LogP contribution in [0.4, 0.5) is 11.6 Å². The SMILES string of the molecule is CC(CN)Nc1cc(N(C)C(C)(C)C)ncn1. The summed E-state index contributed by atoms with van der Waals surface area (Å²) >= 11 is 0. The summed E-state index contributed by atoms with van der Waals surface area (Å²) in [5.41, 5.74) is 5.60. The fourth-order valence-corrected chi connectivity index (χ4v) is 1.26. The molecule has 0 spiro atoms. The largest absolute Gasteiger partial charge is 0.366 e. The molecule has 0 aliphatic rings. The van der Waals surface area contributed by atoms with E-state index in [1.54, 1.807) is 6.33 Å². The third-order valence-electron chi connectivity index (χ3n) is 2.75. The monoisotopic (exact) mass is 237 g/mol. The van der Waals surface area contributed by atoms with Crippen LogP contribution in [0.3, 0.4) is 0 Å². The summed E-state index contributed by atoms with van der Waals surface area (Å²) in [5.74, 6) is 1.71. The van der Waals surface area contributed by atoms with Gasteiger partial charge in [-0.25, -0.2) is 9.97 Å². The first-order valence-corrected chi connectivity index (χ1v) is 5.87. The lowest BCUT2D eigenvalue weighted by Crippen LogP contribution is -2.38. The summed E-state index contributed by atoms with van der Waals surface area (Å²) < 4.78 is 0. The Hall–Kier alpha value is -1.36. The number of nitrogens with two attached hydrogens (primary N) is 1. The minimum absolute atomic E-state index is 0.0328. The predicted octanol–water partition coefficient (Wildman–Crippen LogP) is 1.47. The fourth-order valence-electron chi connectivity index (χ4n) is 1.26. The minimum atomic E-state index is 0.0328. The zero-order valence-electron chi connectivity index (χ0n) is 11.4. The number of aromatic nitrogens is 2. The summed E-state index contributed by atoms with van der Waals surface area (Å²) in [5, 5.41) is 3.24. The van der Waals surface area contributed by atoms with E-state index < -0.39 is 0 Å². The molecule has 0 bridgehead atoms. The third kappa shape index (κ3) is 3.85. The molecule has 1 rings (SSSR count). The summed E-state index contributed by atoms with van der Waals surface area (Å²) in [7, 11) is 2.03. The Labute approximate surface area is 103 Å². The highest BCUT2D eigenvalue weighted by atomic mass is 15.2. The van der Waals surface area contributed by atoms with Gasteiger partial charge in [-0.05, 0) is 27.7 Å². The molecule has 1 aromatic heterocycles. The number of hydrogen-bond donors (Lipinski definition) is 2. The maximum atomic E-state index is 5.57. The molecule has 1 unspecified atom stereocenters. The minimum Gasteiger partial charge on any atom is -0.366 e. The molecule has 0 saturated carbocycles. The van der Waals surface area contributed by atoms with E-state index in [9.17, 15) is 0 Å². The van der Waals surface area contributed by atoms with Gasteiger partial charge in [-0.3, -0.25) is 0 Å². The van der Waals surface area contributed by atoms with Gasteiger partial charge in [0.2, 0.25) is 0 Å². The van der Waals surface area contributed by atoms with Crippen molar-refractivity contribution in [1.29, 1.82) is 0 Å². The molecule has 1 aromatic rings. The van der Waals surface area contributed by atoms with E-state index in [0.717, 1.165) is 11.6 Å². The van der Waals surface area contributed by atoms with E-state index in [2.05, 4.69) is 41.0 Å². The topological polar surface area (TPSA) is 67.1 Å². The van der Waals surface area contributed by atoms with E-state index >= 15 is 0 Å². The predicted molar refractivity (Wildman–Crippen MR) is 72.3 cm³/mol. The first-order chi connectivity index (χ1) is 7.84. The van der Waals surface area contributed by atoms with Gasteiger partial charge in [-0.1, -0.05) is 0 Å². The van der Waals surface area contributed by atoms with Crippen molar-refractivity contribution in [2.45, 2.75) is 39.3 Å². The van der Waals surface area contributed by atoms with Crippen LogP contribution in [0.2, 0.25) is 0 Å². The highest BCUT2D eigenvalue weighted by Crippen LogP contribution is 2.20. The van der Waals surface area contributed by atoms with Crippen molar-refractivity contribution < 1.29 is 0 Å². The Bertz CT molecular complexity index is 358. The number of anilines is 2. The highest BCUT2D eigenvalue weighted by Gasteiger charge is 2.18. The molecule has 17 heavy (non-hydrogen) atoms. The molecule has 0 aromatic carbocycles. The van der Waals surface area contributed by atoms with Crippen molar-refractivity contribution in [1.82, 2.24) is 9.97 Å². The van der Waals surface area contributed by atoms with E-state index in [4.69, 9.17) is 5.73 Å². The highest BCUT2D eigenvalue weighted by molar-refractivity contribution is 5.49. The molecule has 3 N–H and O–H groups in total. The standard InChI is InChI=1S/C12H23N5/c1-9(7-13)16-10-6-11(15-8-14-10)17(5)12(2,3)4/h6,8-9H,7,13H2,1-5H3,(H,14,15,16). The van der Waals surface area contributed by atoms with Crippen LogP contribution in [-0.4, -0.2) is 35.1 Å². The van der Waals surface area contributed by atoms with E-state index in [0.29, 0.717) is 6.54 Å². The van der Waals surface area contributed by atoms with Gasteiger partial charge in [0.15, 0.2) is 0 Å². The van der Waals surface area contributed by atoms with Crippen LogP contribution < -0.4 is 16.0 Å². The molecule has 0 saturated heterocycles. The number of hydrogen-bond acceptors (Lipinski definition) is 5. The summed E-state index contributed by atoms with van der Waals surface area (Å²) in [6, 6.07) is 2.15. The van der Waals surface area contributed by atoms with Crippen LogP contribution >= 0.6 is 0 Å². The summed E-state index contributed by atoms with van der Waals surface area (Å²) in [6.45, 7) is 9.03. The maximum Gasteiger partial charge on any atom is 0.134 e. The Kier molecular flexibility index (Phi) is 4.28. The molecule has 0 aliphatic carbocycles. The Morgan fingerprint density at radius 3 is 2.59 bits per heavy atom. The van der Waals surface area contributed by atoms with Crippen molar-refractivity contribution in [2.75, 3.05) is 23.8 Å². The normalized spacial score (nSPS) is 13.3. The lowest BCUT2D eigenvalue weighted by atomic mass is 10.1. The lowest BCUT2D eigenvalue weighted by molar-refractivity contribution is 0.533. The summed E-state index contributed by atoms with van der Waals surface area (Å²) in [4.78, 5) is 10.6. The average molecular weight is 237 g/mol. The van der Waals surface area contributed by atoms with Crippen LogP contribution in [-0.2, 0) is 0 Å². The molecule has 5 nitrogen and oxygen atoms in total. The van der Waals surface area contributed by atoms with Gasteiger partial charge in [-0.15, -0.1) is 0 Å². The zero-order chi connectivity index (χ0) is 13.1. The molecule has 0 radical (unpaired) electrons. The van der Waals surface area contributed by atoms with Gasteiger partial charge >= 0.3 is 0 Å². The van der Waals surface area contributed by atoms with Gasteiger partial charge in [-0.2, -0.15) is 0 Å². The second-order valence-electron chi connectivity index (χ2n) is 5.27. The molecule has 1 atom stereocenters. The first-order valence-electron chi connectivity index (χ1n) is 5.87. The van der Waals surface area contributed by atoms with Crippen LogP contribution in [0.1, 0.15) is 27.7 Å². The number of nitrogens with one attached hydrogen (secondary N) is 1. The van der Waals surface area contributed by atoms with Crippen LogP contribution in [0, 0.1) is 0 Å². The second kappa shape index (κ2) is 5.31. The van der Waals surface area contributed by atoms with Gasteiger partial charge in [0.1, 0.15) is 18.0 Å². The molecule has 96 valence electrons. The van der Waals surface area contributed by atoms with Crippen molar-refractivity contribution in [3.8, 4) is 0 Å². The lowest BCUT2D eigenvalue weighted by Gasteiger charge is -2.33. The maximum absolute atomic E-state index is 5.57. The summed E-state index contributed by atoms with van der Waals surface area (Å²) in [6.07, 6.45) is 1.57. The molecule has 5 heteroatoms. The third-order valence-corrected chi connectivity index (χ3v) is 2.75. The van der Waals surface area contributed by atoms with Gasteiger partial charge < -0.3 is 16.0 Å². The smallest absolute Gasteiger partial charge is 0.134 e. The molecule has 0 amide bonds. The van der Waals surface area contributed by atoms with Crippen LogP contribution in [0.15, 0.2) is 12.4 Å². The molecule has 1 heterocycles. The zero-order valence-corrected chi connectivity index (χ0v) is 11.4. The van der Waals surface area contributed by atoms with Crippen LogP contribution in [0.5, 0.6) is 0 Å². The fraction of sp³-hybridized carbons (Fsp3) is 0.667.